The van der Waals surface area contributed by atoms with Crippen molar-refractivity contribution in [1.82, 2.24) is 9.97 Å². The number of hydrogen-bond donors (Lipinski definition) is 0. The summed E-state index contributed by atoms with van der Waals surface area (Å²) in [6.07, 6.45) is 7.60. The Balaban J connectivity index is 2.28. The molecule has 0 saturated carbocycles. The standard InChI is InChI=1S/C14H22N2O/c1-3-5-11(6-4-2)14-12-7-8-17-9-13(12)15-10-16-14/h10-11H,3-9H2,1-2H3. The Morgan fingerprint density at radius 2 is 2.00 bits per heavy atom. The lowest BCUT2D eigenvalue weighted by Gasteiger charge is -2.22. The van der Waals surface area contributed by atoms with Gasteiger partial charge in [0.2, 0.25) is 0 Å². The molecular formula is C14H22N2O. The zero-order chi connectivity index (χ0) is 12.1. The van der Waals surface area contributed by atoms with E-state index in [0.29, 0.717) is 12.5 Å². The monoisotopic (exact) mass is 234 g/mol. The molecule has 1 aliphatic heterocycles. The molecule has 1 aliphatic rings. The molecular weight excluding hydrogens is 212 g/mol. The number of nitrogens with zero attached hydrogens (tertiary/aromatic N) is 2. The summed E-state index contributed by atoms with van der Waals surface area (Å²) >= 11 is 0. The zero-order valence-electron chi connectivity index (χ0n) is 10.9. The number of aromatic nitrogens is 2. The summed E-state index contributed by atoms with van der Waals surface area (Å²) in [7, 11) is 0. The minimum atomic E-state index is 0.611. The molecule has 0 saturated heterocycles. The fourth-order valence-electron chi connectivity index (χ4n) is 2.67. The molecule has 1 aromatic rings. The Morgan fingerprint density at radius 3 is 2.71 bits per heavy atom. The van der Waals surface area contributed by atoms with E-state index in [0.717, 1.165) is 18.7 Å². The highest BCUT2D eigenvalue weighted by atomic mass is 16.5. The summed E-state index contributed by atoms with van der Waals surface area (Å²) < 4.78 is 5.46. The SMILES string of the molecule is CCCC(CCC)c1ncnc2c1CCOC2. The number of hydrogen-bond acceptors (Lipinski definition) is 3. The Bertz CT molecular complexity index is 359. The summed E-state index contributed by atoms with van der Waals surface area (Å²) in [5, 5.41) is 0. The molecule has 0 amide bonds. The maximum Gasteiger partial charge on any atom is 0.116 e. The zero-order valence-corrected chi connectivity index (χ0v) is 10.9. The van der Waals surface area contributed by atoms with E-state index in [1.165, 1.54) is 36.9 Å². The van der Waals surface area contributed by atoms with Crippen LogP contribution in [0.1, 0.15) is 62.4 Å². The van der Waals surface area contributed by atoms with Crippen molar-refractivity contribution in [2.45, 2.75) is 58.5 Å². The minimum Gasteiger partial charge on any atom is -0.375 e. The van der Waals surface area contributed by atoms with Gasteiger partial charge in [0.25, 0.3) is 0 Å². The van der Waals surface area contributed by atoms with Crippen LogP contribution in [0.4, 0.5) is 0 Å². The van der Waals surface area contributed by atoms with Crippen molar-refractivity contribution in [2.75, 3.05) is 6.61 Å². The van der Waals surface area contributed by atoms with Crippen LogP contribution < -0.4 is 0 Å². The Hall–Kier alpha value is -0.960. The predicted molar refractivity (Wildman–Crippen MR) is 67.9 cm³/mol. The first-order valence-corrected chi connectivity index (χ1v) is 6.77. The topological polar surface area (TPSA) is 35.0 Å². The summed E-state index contributed by atoms with van der Waals surface area (Å²) in [6.45, 7) is 5.98. The van der Waals surface area contributed by atoms with Gasteiger partial charge >= 0.3 is 0 Å². The lowest BCUT2D eigenvalue weighted by atomic mass is 9.89. The van der Waals surface area contributed by atoms with Gasteiger partial charge in [-0.15, -0.1) is 0 Å². The molecule has 0 aliphatic carbocycles. The molecule has 0 atom stereocenters. The number of rotatable bonds is 5. The lowest BCUT2D eigenvalue weighted by molar-refractivity contribution is 0.106. The molecule has 2 heterocycles. The van der Waals surface area contributed by atoms with Crippen LogP contribution in [0.25, 0.3) is 0 Å². The largest absolute Gasteiger partial charge is 0.375 e. The van der Waals surface area contributed by atoms with Gasteiger partial charge < -0.3 is 4.74 Å². The first-order valence-electron chi connectivity index (χ1n) is 6.77. The lowest BCUT2D eigenvalue weighted by Crippen LogP contribution is -2.17. The van der Waals surface area contributed by atoms with Crippen LogP contribution in [-0.4, -0.2) is 16.6 Å². The van der Waals surface area contributed by atoms with Crippen LogP contribution in [-0.2, 0) is 17.8 Å². The fraction of sp³-hybridized carbons (Fsp3) is 0.714. The van der Waals surface area contributed by atoms with Gasteiger partial charge in [0.15, 0.2) is 0 Å². The van der Waals surface area contributed by atoms with E-state index in [-0.39, 0.29) is 0 Å². The molecule has 0 N–H and O–H groups in total. The van der Waals surface area contributed by atoms with Crippen LogP contribution in [0.5, 0.6) is 0 Å². The second kappa shape index (κ2) is 6.10. The first-order chi connectivity index (χ1) is 8.36. The van der Waals surface area contributed by atoms with E-state index in [1.54, 1.807) is 6.33 Å². The number of fused-ring (bicyclic) bond motifs is 1. The molecule has 2 rings (SSSR count). The van der Waals surface area contributed by atoms with Gasteiger partial charge in [-0.1, -0.05) is 26.7 Å². The van der Waals surface area contributed by atoms with Gasteiger partial charge in [-0.25, -0.2) is 9.97 Å². The second-order valence-electron chi connectivity index (χ2n) is 4.76. The van der Waals surface area contributed by atoms with Crippen molar-refractivity contribution in [2.24, 2.45) is 0 Å². The smallest absolute Gasteiger partial charge is 0.116 e. The molecule has 0 fully saturated rings. The summed E-state index contributed by atoms with van der Waals surface area (Å²) in [4.78, 5) is 8.91. The van der Waals surface area contributed by atoms with Crippen molar-refractivity contribution in [3.05, 3.63) is 23.3 Å². The van der Waals surface area contributed by atoms with E-state index >= 15 is 0 Å². The third kappa shape index (κ3) is 2.83. The van der Waals surface area contributed by atoms with Gasteiger partial charge in [0.05, 0.1) is 24.6 Å². The predicted octanol–water partition coefficient (Wildman–Crippen LogP) is 3.23. The van der Waals surface area contributed by atoms with Crippen molar-refractivity contribution in [3.63, 3.8) is 0 Å². The molecule has 3 heteroatoms. The molecule has 0 radical (unpaired) electrons. The van der Waals surface area contributed by atoms with Crippen LogP contribution in [0.2, 0.25) is 0 Å². The van der Waals surface area contributed by atoms with E-state index < -0.39 is 0 Å². The third-order valence-corrected chi connectivity index (χ3v) is 3.46. The summed E-state index contributed by atoms with van der Waals surface area (Å²) in [6, 6.07) is 0. The molecule has 0 aromatic carbocycles. The molecule has 17 heavy (non-hydrogen) atoms. The highest BCUT2D eigenvalue weighted by Gasteiger charge is 2.21. The quantitative estimate of drug-likeness (QED) is 0.784. The van der Waals surface area contributed by atoms with Crippen LogP contribution in [0, 0.1) is 0 Å². The Kier molecular flexibility index (Phi) is 4.49. The summed E-state index contributed by atoms with van der Waals surface area (Å²) in [5.41, 5.74) is 3.77. The van der Waals surface area contributed by atoms with E-state index in [9.17, 15) is 0 Å². The average molecular weight is 234 g/mol. The van der Waals surface area contributed by atoms with Crippen molar-refractivity contribution in [3.8, 4) is 0 Å². The van der Waals surface area contributed by atoms with Crippen molar-refractivity contribution >= 4 is 0 Å². The van der Waals surface area contributed by atoms with Crippen LogP contribution in [0.3, 0.4) is 0 Å². The van der Waals surface area contributed by atoms with Crippen molar-refractivity contribution in [1.29, 1.82) is 0 Å². The van der Waals surface area contributed by atoms with Gasteiger partial charge in [0.1, 0.15) is 6.33 Å². The summed E-state index contributed by atoms with van der Waals surface area (Å²) in [5.74, 6) is 0.611. The van der Waals surface area contributed by atoms with Gasteiger partial charge in [-0.2, -0.15) is 0 Å². The molecule has 0 spiro atoms. The van der Waals surface area contributed by atoms with Crippen LogP contribution >= 0.6 is 0 Å². The number of ether oxygens (including phenoxy) is 1. The molecule has 1 aromatic heterocycles. The first kappa shape index (κ1) is 12.5. The van der Waals surface area contributed by atoms with Gasteiger partial charge in [-0.05, 0) is 19.3 Å². The van der Waals surface area contributed by atoms with E-state index in [2.05, 4.69) is 23.8 Å². The molecule has 3 nitrogen and oxygen atoms in total. The highest BCUT2D eigenvalue weighted by molar-refractivity contribution is 5.28. The normalized spacial score (nSPS) is 15.0. The van der Waals surface area contributed by atoms with E-state index in [4.69, 9.17) is 4.74 Å². The van der Waals surface area contributed by atoms with Crippen LogP contribution in [0.15, 0.2) is 6.33 Å². The maximum atomic E-state index is 5.46. The second-order valence-corrected chi connectivity index (χ2v) is 4.76. The maximum absolute atomic E-state index is 5.46. The minimum absolute atomic E-state index is 0.611. The van der Waals surface area contributed by atoms with E-state index in [1.807, 2.05) is 0 Å². The van der Waals surface area contributed by atoms with Gasteiger partial charge in [-0.3, -0.25) is 0 Å². The highest BCUT2D eigenvalue weighted by Crippen LogP contribution is 2.30. The fourth-order valence-corrected chi connectivity index (χ4v) is 2.67. The Labute approximate surface area is 104 Å². The molecule has 0 unspecified atom stereocenters. The average Bonchev–Trinajstić information content (AvgIpc) is 2.38. The molecule has 0 bridgehead atoms. The van der Waals surface area contributed by atoms with Gasteiger partial charge in [0, 0.05) is 11.5 Å². The van der Waals surface area contributed by atoms with Crippen molar-refractivity contribution < 1.29 is 4.74 Å². The Morgan fingerprint density at radius 1 is 1.24 bits per heavy atom. The molecule has 94 valence electrons. The third-order valence-electron chi connectivity index (χ3n) is 3.46.